The van der Waals surface area contributed by atoms with Crippen molar-refractivity contribution in [3.63, 3.8) is 0 Å². The van der Waals surface area contributed by atoms with Crippen molar-refractivity contribution in [3.8, 4) is 0 Å². The second kappa shape index (κ2) is 7.15. The molecule has 1 aromatic heterocycles. The summed E-state index contributed by atoms with van der Waals surface area (Å²) in [5.74, 6) is 1.08. The van der Waals surface area contributed by atoms with Crippen LogP contribution in [0.3, 0.4) is 0 Å². The quantitative estimate of drug-likeness (QED) is 0.830. The summed E-state index contributed by atoms with van der Waals surface area (Å²) in [4.78, 5) is 32.2. The predicted molar refractivity (Wildman–Crippen MR) is 86.7 cm³/mol. The third-order valence-corrected chi connectivity index (χ3v) is 5.12. The Morgan fingerprint density at radius 3 is 2.74 bits per heavy atom. The summed E-state index contributed by atoms with van der Waals surface area (Å²) in [6.07, 6.45) is 9.65. The molecule has 3 heterocycles. The normalized spacial score (nSPS) is 21.0. The van der Waals surface area contributed by atoms with E-state index in [0.717, 1.165) is 45.4 Å². The van der Waals surface area contributed by atoms with Gasteiger partial charge in [0.15, 0.2) is 0 Å². The van der Waals surface area contributed by atoms with Gasteiger partial charge in [-0.05, 0) is 32.1 Å². The van der Waals surface area contributed by atoms with Crippen LogP contribution in [-0.4, -0.2) is 57.3 Å². The lowest BCUT2D eigenvalue weighted by Crippen LogP contribution is -2.42. The summed E-state index contributed by atoms with van der Waals surface area (Å²) in [5, 5.41) is 0. The first-order valence-corrected chi connectivity index (χ1v) is 8.66. The van der Waals surface area contributed by atoms with Crippen LogP contribution in [0.25, 0.3) is 0 Å². The molecule has 0 radical (unpaired) electrons. The van der Waals surface area contributed by atoms with E-state index in [-0.39, 0.29) is 11.9 Å². The molecule has 0 saturated carbocycles. The van der Waals surface area contributed by atoms with E-state index in [9.17, 15) is 9.59 Å². The molecule has 2 saturated heterocycles. The molecule has 0 N–H and O–H groups in total. The van der Waals surface area contributed by atoms with Gasteiger partial charge in [0.05, 0.1) is 6.33 Å². The minimum absolute atomic E-state index is 0.143. The van der Waals surface area contributed by atoms with Gasteiger partial charge >= 0.3 is 0 Å². The molecular formula is C17H26N4O2. The highest BCUT2D eigenvalue weighted by molar-refractivity contribution is 5.78. The number of piperidine rings is 1. The minimum Gasteiger partial charge on any atom is -0.343 e. The van der Waals surface area contributed by atoms with Gasteiger partial charge < -0.3 is 14.4 Å². The van der Waals surface area contributed by atoms with Crippen LogP contribution in [0, 0.1) is 5.92 Å². The first kappa shape index (κ1) is 16.0. The Balaban J connectivity index is 1.43. The van der Waals surface area contributed by atoms with Gasteiger partial charge in [-0.3, -0.25) is 9.59 Å². The van der Waals surface area contributed by atoms with Gasteiger partial charge in [0.2, 0.25) is 11.8 Å². The molecule has 2 amide bonds. The van der Waals surface area contributed by atoms with E-state index in [1.54, 1.807) is 12.5 Å². The molecule has 0 spiro atoms. The Morgan fingerprint density at radius 2 is 2.13 bits per heavy atom. The van der Waals surface area contributed by atoms with E-state index < -0.39 is 0 Å². The van der Waals surface area contributed by atoms with Gasteiger partial charge in [-0.2, -0.15) is 0 Å². The molecule has 23 heavy (non-hydrogen) atoms. The molecule has 0 unspecified atom stereocenters. The molecule has 6 nitrogen and oxygen atoms in total. The molecule has 1 atom stereocenters. The second-order valence-electron chi connectivity index (χ2n) is 6.83. The highest BCUT2D eigenvalue weighted by Gasteiger charge is 2.28. The summed E-state index contributed by atoms with van der Waals surface area (Å²) in [6.45, 7) is 5.49. The summed E-state index contributed by atoms with van der Waals surface area (Å²) >= 11 is 0. The van der Waals surface area contributed by atoms with Crippen LogP contribution >= 0.6 is 0 Å². The number of amides is 2. The van der Waals surface area contributed by atoms with Gasteiger partial charge in [-0.15, -0.1) is 0 Å². The van der Waals surface area contributed by atoms with Crippen molar-refractivity contribution in [2.75, 3.05) is 26.2 Å². The number of carbonyl (C=O) groups is 2. The maximum absolute atomic E-state index is 12.4. The summed E-state index contributed by atoms with van der Waals surface area (Å²) in [7, 11) is 0. The lowest BCUT2D eigenvalue weighted by atomic mass is 9.96. The fraction of sp³-hybridized carbons (Fsp3) is 0.706. The number of nitrogens with zero attached hydrogens (tertiary/aromatic N) is 4. The van der Waals surface area contributed by atoms with Crippen molar-refractivity contribution in [2.45, 2.75) is 45.1 Å². The number of likely N-dealkylation sites (tertiary alicyclic amines) is 2. The van der Waals surface area contributed by atoms with Gasteiger partial charge in [-0.1, -0.05) is 0 Å². The van der Waals surface area contributed by atoms with E-state index in [2.05, 4.69) is 4.98 Å². The lowest BCUT2D eigenvalue weighted by molar-refractivity contribution is -0.134. The molecule has 6 heteroatoms. The van der Waals surface area contributed by atoms with Crippen LogP contribution in [0.1, 0.15) is 45.1 Å². The van der Waals surface area contributed by atoms with E-state index >= 15 is 0 Å². The Hall–Kier alpha value is -1.85. The van der Waals surface area contributed by atoms with E-state index in [0.29, 0.717) is 24.7 Å². The van der Waals surface area contributed by atoms with E-state index in [4.69, 9.17) is 0 Å². The fourth-order valence-electron chi connectivity index (χ4n) is 3.59. The molecule has 0 bridgehead atoms. The first-order valence-electron chi connectivity index (χ1n) is 8.66. The maximum Gasteiger partial charge on any atom is 0.224 e. The molecule has 0 aliphatic carbocycles. The van der Waals surface area contributed by atoms with Gasteiger partial charge in [-0.25, -0.2) is 4.98 Å². The van der Waals surface area contributed by atoms with Crippen LogP contribution < -0.4 is 0 Å². The number of hydrogen-bond acceptors (Lipinski definition) is 3. The standard InChI is InChI=1S/C17H26N4O2/c1-14(21-10-6-18-13-21)11-17(23)19-8-4-15(5-9-19)12-20-7-2-3-16(20)22/h6,10,13-15H,2-5,7-9,11-12H2,1H3/t14-/m0/s1. The van der Waals surface area contributed by atoms with Crippen LogP contribution in [0.15, 0.2) is 18.7 Å². The average Bonchev–Trinajstić information content (AvgIpc) is 3.20. The number of carbonyl (C=O) groups excluding carboxylic acids is 2. The van der Waals surface area contributed by atoms with Gasteiger partial charge in [0, 0.05) is 57.5 Å². The van der Waals surface area contributed by atoms with Gasteiger partial charge in [0.1, 0.15) is 0 Å². The van der Waals surface area contributed by atoms with Crippen molar-refractivity contribution in [1.29, 1.82) is 0 Å². The van der Waals surface area contributed by atoms with Crippen molar-refractivity contribution >= 4 is 11.8 Å². The third kappa shape index (κ3) is 3.92. The zero-order valence-corrected chi connectivity index (χ0v) is 13.9. The largest absolute Gasteiger partial charge is 0.343 e. The van der Waals surface area contributed by atoms with Crippen LogP contribution in [0.5, 0.6) is 0 Å². The summed E-state index contributed by atoms with van der Waals surface area (Å²) in [5.41, 5.74) is 0. The smallest absolute Gasteiger partial charge is 0.224 e. The zero-order valence-electron chi connectivity index (χ0n) is 13.9. The van der Waals surface area contributed by atoms with Crippen LogP contribution in [0.2, 0.25) is 0 Å². The van der Waals surface area contributed by atoms with Crippen molar-refractivity contribution in [1.82, 2.24) is 19.4 Å². The Kier molecular flexibility index (Phi) is 4.98. The maximum atomic E-state index is 12.4. The first-order chi connectivity index (χ1) is 11.1. The van der Waals surface area contributed by atoms with Crippen molar-refractivity contribution in [2.24, 2.45) is 5.92 Å². The fourth-order valence-corrected chi connectivity index (χ4v) is 3.59. The number of rotatable bonds is 5. The number of aromatic nitrogens is 2. The average molecular weight is 318 g/mol. The highest BCUT2D eigenvalue weighted by atomic mass is 16.2. The van der Waals surface area contributed by atoms with Crippen LogP contribution in [-0.2, 0) is 9.59 Å². The molecule has 2 fully saturated rings. The highest BCUT2D eigenvalue weighted by Crippen LogP contribution is 2.22. The Morgan fingerprint density at radius 1 is 1.35 bits per heavy atom. The zero-order chi connectivity index (χ0) is 16.2. The molecule has 3 rings (SSSR count). The molecule has 126 valence electrons. The topological polar surface area (TPSA) is 58.4 Å². The molecule has 0 aromatic carbocycles. The SMILES string of the molecule is C[C@@H](CC(=O)N1CCC(CN2CCCC2=O)CC1)n1ccnc1. The second-order valence-corrected chi connectivity index (χ2v) is 6.83. The third-order valence-electron chi connectivity index (χ3n) is 5.12. The summed E-state index contributed by atoms with van der Waals surface area (Å²) in [6, 6.07) is 0.143. The van der Waals surface area contributed by atoms with E-state index in [1.165, 1.54) is 0 Å². The molecule has 2 aliphatic heterocycles. The minimum atomic E-state index is 0.143. The van der Waals surface area contributed by atoms with Crippen molar-refractivity contribution in [3.05, 3.63) is 18.7 Å². The predicted octanol–water partition coefficient (Wildman–Crippen LogP) is 1.70. The number of imidazole rings is 1. The van der Waals surface area contributed by atoms with Gasteiger partial charge in [0.25, 0.3) is 0 Å². The molecule has 2 aliphatic rings. The summed E-state index contributed by atoms with van der Waals surface area (Å²) < 4.78 is 1.98. The molecular weight excluding hydrogens is 292 g/mol. The Bertz CT molecular complexity index is 535. The monoisotopic (exact) mass is 318 g/mol. The van der Waals surface area contributed by atoms with Crippen LogP contribution in [0.4, 0.5) is 0 Å². The van der Waals surface area contributed by atoms with E-state index in [1.807, 2.05) is 27.5 Å². The number of hydrogen-bond donors (Lipinski definition) is 0. The lowest BCUT2D eigenvalue weighted by Gasteiger charge is -2.34. The Labute approximate surface area is 137 Å². The van der Waals surface area contributed by atoms with Crippen molar-refractivity contribution < 1.29 is 9.59 Å². The molecule has 1 aromatic rings.